The number of carbonyl (C=O) groups excluding carboxylic acids is 2. The van der Waals surface area contributed by atoms with Crippen LogP contribution in [-0.4, -0.2) is 54.0 Å². The van der Waals surface area contributed by atoms with Crippen LogP contribution in [0.25, 0.3) is 11.3 Å². The number of sulfonamides is 1. The van der Waals surface area contributed by atoms with Crippen LogP contribution in [0.2, 0.25) is 0 Å². The minimum absolute atomic E-state index is 0.176. The molecule has 2 N–H and O–H groups in total. The standard InChI is InChI=1S/C23H24N4O5S/c1-16(32-23(29)20-15-24-26-21(20)17-7-3-2-4-8-17)22(28)25-18-9-11-19(12-10-18)33(30,31)27-13-5-6-14-27/h2-4,7-12,15-16H,5-6,13-14H2,1H3,(H,24,26)(H,25,28)/t16-/m0/s1. The fraction of sp³-hybridized carbons (Fsp3) is 0.261. The summed E-state index contributed by atoms with van der Waals surface area (Å²) in [6.07, 6.45) is 1.99. The molecule has 0 saturated carbocycles. The molecule has 172 valence electrons. The number of hydrogen-bond acceptors (Lipinski definition) is 6. The van der Waals surface area contributed by atoms with Gasteiger partial charge in [0.05, 0.1) is 16.8 Å². The molecule has 1 fully saturated rings. The zero-order valence-electron chi connectivity index (χ0n) is 18.0. The zero-order valence-corrected chi connectivity index (χ0v) is 18.8. The van der Waals surface area contributed by atoms with E-state index in [0.717, 1.165) is 18.4 Å². The topological polar surface area (TPSA) is 121 Å². The molecule has 10 heteroatoms. The maximum atomic E-state index is 12.6. The molecule has 2 heterocycles. The van der Waals surface area contributed by atoms with Gasteiger partial charge in [0.25, 0.3) is 5.91 Å². The second kappa shape index (κ2) is 9.55. The molecule has 0 radical (unpaired) electrons. The molecule has 2 aromatic carbocycles. The molecular weight excluding hydrogens is 444 g/mol. The molecule has 3 aromatic rings. The predicted molar refractivity (Wildman–Crippen MR) is 122 cm³/mol. The molecule has 1 aromatic heterocycles. The van der Waals surface area contributed by atoms with Crippen LogP contribution in [0, 0.1) is 0 Å². The Morgan fingerprint density at radius 3 is 2.39 bits per heavy atom. The lowest BCUT2D eigenvalue weighted by Gasteiger charge is -2.16. The maximum absolute atomic E-state index is 12.6. The van der Waals surface area contributed by atoms with Crippen LogP contribution in [0.3, 0.4) is 0 Å². The van der Waals surface area contributed by atoms with Gasteiger partial charge >= 0.3 is 5.97 Å². The van der Waals surface area contributed by atoms with E-state index in [1.807, 2.05) is 30.3 Å². The van der Waals surface area contributed by atoms with Crippen LogP contribution in [0.5, 0.6) is 0 Å². The molecule has 4 rings (SSSR count). The number of ether oxygens (including phenoxy) is 1. The molecule has 0 bridgehead atoms. The van der Waals surface area contributed by atoms with Crippen molar-refractivity contribution in [3.8, 4) is 11.3 Å². The van der Waals surface area contributed by atoms with Gasteiger partial charge in [0.1, 0.15) is 5.56 Å². The average Bonchev–Trinajstić information content (AvgIpc) is 3.53. The van der Waals surface area contributed by atoms with Crippen molar-refractivity contribution in [1.29, 1.82) is 0 Å². The van der Waals surface area contributed by atoms with Gasteiger partial charge < -0.3 is 10.1 Å². The highest BCUT2D eigenvalue weighted by Gasteiger charge is 2.27. The monoisotopic (exact) mass is 468 g/mol. The first-order valence-corrected chi connectivity index (χ1v) is 12.0. The number of nitrogens with one attached hydrogen (secondary N) is 2. The van der Waals surface area contributed by atoms with E-state index in [-0.39, 0.29) is 10.5 Å². The Morgan fingerprint density at radius 1 is 1.06 bits per heavy atom. The number of benzene rings is 2. The molecule has 1 aliphatic heterocycles. The minimum atomic E-state index is -3.53. The fourth-order valence-electron chi connectivity index (χ4n) is 3.58. The summed E-state index contributed by atoms with van der Waals surface area (Å²) < 4.78 is 32.0. The van der Waals surface area contributed by atoms with E-state index in [1.54, 1.807) is 0 Å². The highest BCUT2D eigenvalue weighted by atomic mass is 32.2. The highest BCUT2D eigenvalue weighted by Crippen LogP contribution is 2.23. The number of hydrogen-bond donors (Lipinski definition) is 2. The third-order valence-corrected chi connectivity index (χ3v) is 7.31. The first-order valence-electron chi connectivity index (χ1n) is 10.6. The van der Waals surface area contributed by atoms with Crippen molar-refractivity contribution in [2.24, 2.45) is 0 Å². The summed E-state index contributed by atoms with van der Waals surface area (Å²) in [6.45, 7) is 2.50. The Bertz CT molecular complexity index is 1230. The minimum Gasteiger partial charge on any atom is -0.449 e. The lowest BCUT2D eigenvalue weighted by molar-refractivity contribution is -0.123. The first kappa shape index (κ1) is 22.7. The van der Waals surface area contributed by atoms with Crippen molar-refractivity contribution in [3.05, 3.63) is 66.4 Å². The number of rotatable bonds is 7. The van der Waals surface area contributed by atoms with Crippen LogP contribution in [0.4, 0.5) is 5.69 Å². The molecule has 33 heavy (non-hydrogen) atoms. The lowest BCUT2D eigenvalue weighted by atomic mass is 10.1. The lowest BCUT2D eigenvalue weighted by Crippen LogP contribution is -2.30. The van der Waals surface area contributed by atoms with E-state index in [4.69, 9.17) is 4.74 Å². The third kappa shape index (κ3) is 4.96. The Labute approximate surface area is 191 Å². The van der Waals surface area contributed by atoms with Crippen molar-refractivity contribution >= 4 is 27.6 Å². The summed E-state index contributed by atoms with van der Waals surface area (Å²) in [5.74, 6) is -1.22. The second-order valence-corrected chi connectivity index (χ2v) is 9.63. The molecule has 0 unspecified atom stereocenters. The van der Waals surface area contributed by atoms with E-state index >= 15 is 0 Å². The molecule has 9 nitrogen and oxygen atoms in total. The number of nitrogens with zero attached hydrogens (tertiary/aromatic N) is 2. The molecule has 1 amide bonds. The number of H-pyrrole nitrogens is 1. The molecule has 0 aliphatic carbocycles. The smallest absolute Gasteiger partial charge is 0.342 e. The van der Waals surface area contributed by atoms with Gasteiger partial charge in [-0.3, -0.25) is 9.89 Å². The second-order valence-electron chi connectivity index (χ2n) is 7.70. The summed E-state index contributed by atoms with van der Waals surface area (Å²) in [4.78, 5) is 25.3. The van der Waals surface area contributed by atoms with Crippen LogP contribution < -0.4 is 5.32 Å². The molecular formula is C23H24N4O5S. The van der Waals surface area contributed by atoms with E-state index < -0.39 is 28.0 Å². The Morgan fingerprint density at radius 2 is 1.73 bits per heavy atom. The number of aromatic amines is 1. The van der Waals surface area contributed by atoms with E-state index in [9.17, 15) is 18.0 Å². The van der Waals surface area contributed by atoms with Gasteiger partial charge in [0.15, 0.2) is 6.10 Å². The number of anilines is 1. The number of amides is 1. The summed E-state index contributed by atoms with van der Waals surface area (Å²) in [5, 5.41) is 9.33. The van der Waals surface area contributed by atoms with Crippen molar-refractivity contribution in [2.45, 2.75) is 30.8 Å². The van der Waals surface area contributed by atoms with Gasteiger partial charge in [0, 0.05) is 24.3 Å². The van der Waals surface area contributed by atoms with Gasteiger partial charge in [-0.05, 0) is 44.0 Å². The van der Waals surface area contributed by atoms with Crippen LogP contribution in [0.15, 0.2) is 65.7 Å². The maximum Gasteiger partial charge on any atom is 0.342 e. The van der Waals surface area contributed by atoms with Crippen molar-refractivity contribution in [2.75, 3.05) is 18.4 Å². The van der Waals surface area contributed by atoms with Gasteiger partial charge in [-0.1, -0.05) is 30.3 Å². The summed E-state index contributed by atoms with van der Waals surface area (Å²) in [5.41, 5.74) is 1.89. The van der Waals surface area contributed by atoms with E-state index in [2.05, 4.69) is 15.5 Å². The summed E-state index contributed by atoms with van der Waals surface area (Å²) in [6, 6.07) is 15.1. The van der Waals surface area contributed by atoms with Crippen LogP contribution >= 0.6 is 0 Å². The normalized spacial score (nSPS) is 15.2. The van der Waals surface area contributed by atoms with Crippen molar-refractivity contribution < 1.29 is 22.7 Å². The number of aromatic nitrogens is 2. The van der Waals surface area contributed by atoms with Crippen molar-refractivity contribution in [3.63, 3.8) is 0 Å². The highest BCUT2D eigenvalue weighted by molar-refractivity contribution is 7.89. The van der Waals surface area contributed by atoms with Gasteiger partial charge in [0.2, 0.25) is 10.0 Å². The van der Waals surface area contributed by atoms with E-state index in [0.29, 0.717) is 24.5 Å². The largest absolute Gasteiger partial charge is 0.449 e. The van der Waals surface area contributed by atoms with Crippen LogP contribution in [-0.2, 0) is 19.6 Å². The Hall–Kier alpha value is -3.50. The van der Waals surface area contributed by atoms with Crippen LogP contribution in [0.1, 0.15) is 30.1 Å². The van der Waals surface area contributed by atoms with Gasteiger partial charge in [-0.15, -0.1) is 0 Å². The number of carbonyl (C=O) groups is 2. The predicted octanol–water partition coefficient (Wildman–Crippen LogP) is 3.05. The average molecular weight is 469 g/mol. The SMILES string of the molecule is C[C@H](OC(=O)c1cn[nH]c1-c1ccccc1)C(=O)Nc1ccc(S(=O)(=O)N2CCCC2)cc1. The molecule has 1 aliphatic rings. The van der Waals surface area contributed by atoms with E-state index in [1.165, 1.54) is 41.7 Å². The quantitative estimate of drug-likeness (QED) is 0.514. The Balaban J connectivity index is 1.38. The molecule has 0 spiro atoms. The molecule has 1 saturated heterocycles. The van der Waals surface area contributed by atoms with Crippen molar-refractivity contribution in [1.82, 2.24) is 14.5 Å². The zero-order chi connectivity index (χ0) is 23.4. The summed E-state index contributed by atoms with van der Waals surface area (Å²) >= 11 is 0. The van der Waals surface area contributed by atoms with Gasteiger partial charge in [-0.25, -0.2) is 13.2 Å². The molecule has 1 atom stereocenters. The van der Waals surface area contributed by atoms with Gasteiger partial charge in [-0.2, -0.15) is 9.40 Å². The summed E-state index contributed by atoms with van der Waals surface area (Å²) in [7, 11) is -3.53. The third-order valence-electron chi connectivity index (χ3n) is 5.40. The fourth-order valence-corrected chi connectivity index (χ4v) is 5.09. The first-order chi connectivity index (χ1) is 15.9. The number of esters is 1. The Kier molecular flexibility index (Phi) is 6.57.